The van der Waals surface area contributed by atoms with Crippen molar-refractivity contribution in [3.63, 3.8) is 0 Å². The van der Waals surface area contributed by atoms with Gasteiger partial charge < -0.3 is 21.3 Å². The number of halogens is 2. The van der Waals surface area contributed by atoms with Gasteiger partial charge in [0.05, 0.1) is 6.54 Å². The number of anilines is 1. The first kappa shape index (κ1) is 20.6. The van der Waals surface area contributed by atoms with Gasteiger partial charge in [-0.05, 0) is 43.2 Å². The van der Waals surface area contributed by atoms with E-state index in [1.54, 1.807) is 23.1 Å². The zero-order valence-electron chi connectivity index (χ0n) is 16.3. The third-order valence-electron chi connectivity index (χ3n) is 4.76. The number of carbonyl (C=O) groups is 1. The number of nitrogens with one attached hydrogen (secondary N) is 2. The molecule has 1 atom stereocenters. The number of rotatable bonds is 6. The Morgan fingerprint density at radius 2 is 1.97 bits per heavy atom. The second-order valence-corrected chi connectivity index (χ2v) is 6.91. The van der Waals surface area contributed by atoms with Crippen LogP contribution in [0.3, 0.4) is 0 Å². The smallest absolute Gasteiger partial charge is 0.248 e. The molecule has 0 saturated carbocycles. The summed E-state index contributed by atoms with van der Waals surface area (Å²) in [6.07, 6.45) is 0.731. The molecule has 1 unspecified atom stereocenters. The molecule has 6 nitrogen and oxygen atoms in total. The first-order chi connectivity index (χ1) is 14.0. The molecule has 1 aliphatic rings. The van der Waals surface area contributed by atoms with Crippen molar-refractivity contribution in [3.8, 4) is 0 Å². The van der Waals surface area contributed by atoms with Crippen LogP contribution in [0.1, 0.15) is 29.3 Å². The Labute approximate surface area is 168 Å². The van der Waals surface area contributed by atoms with Crippen LogP contribution in [0.5, 0.6) is 0 Å². The number of carbonyl (C=O) groups excluding carboxylic acids is 1. The number of amides is 1. The highest BCUT2D eigenvalue weighted by Crippen LogP contribution is 2.26. The molecule has 154 valence electrons. The largest absolute Gasteiger partial charge is 0.366 e. The molecule has 1 aliphatic heterocycles. The lowest BCUT2D eigenvalue weighted by Gasteiger charge is -2.21. The molecule has 1 amide bonds. The number of para-hydroxylation sites is 1. The van der Waals surface area contributed by atoms with Gasteiger partial charge in [0.1, 0.15) is 17.3 Å². The van der Waals surface area contributed by atoms with Gasteiger partial charge in [-0.25, -0.2) is 13.8 Å². The summed E-state index contributed by atoms with van der Waals surface area (Å²) in [4.78, 5) is 17.6. The summed E-state index contributed by atoms with van der Waals surface area (Å²) in [7, 11) is 0. The fourth-order valence-corrected chi connectivity index (χ4v) is 3.38. The summed E-state index contributed by atoms with van der Waals surface area (Å²) in [5.74, 6) is -0.980. The lowest BCUT2D eigenvalue weighted by molar-refractivity contribution is 0.1000. The molecule has 0 radical (unpaired) electrons. The Hall–Kier alpha value is -3.16. The molecular weight excluding hydrogens is 376 g/mol. The molecule has 0 aliphatic carbocycles. The molecule has 1 saturated heterocycles. The van der Waals surface area contributed by atoms with Crippen LogP contribution in [-0.2, 0) is 6.54 Å². The van der Waals surface area contributed by atoms with Gasteiger partial charge in [-0.15, -0.1) is 0 Å². The minimum absolute atomic E-state index is 0.00348. The SMILES string of the molecule is CCNC(=NCc1cccc(C(N)=O)c1)NC1CCN(c2c(F)cccc2F)C1. The fourth-order valence-electron chi connectivity index (χ4n) is 3.38. The third-order valence-corrected chi connectivity index (χ3v) is 4.76. The van der Waals surface area contributed by atoms with Gasteiger partial charge in [0, 0.05) is 31.2 Å². The number of nitrogens with zero attached hydrogens (tertiary/aromatic N) is 2. The number of benzene rings is 2. The quantitative estimate of drug-likeness (QED) is 0.513. The molecule has 29 heavy (non-hydrogen) atoms. The maximum atomic E-state index is 14.0. The highest BCUT2D eigenvalue weighted by Gasteiger charge is 2.27. The van der Waals surface area contributed by atoms with Crippen LogP contribution >= 0.6 is 0 Å². The normalized spacial score (nSPS) is 16.7. The van der Waals surface area contributed by atoms with Crippen LogP contribution in [0.15, 0.2) is 47.5 Å². The van der Waals surface area contributed by atoms with Crippen molar-refractivity contribution in [2.24, 2.45) is 10.7 Å². The van der Waals surface area contributed by atoms with E-state index in [9.17, 15) is 13.6 Å². The van der Waals surface area contributed by atoms with Crippen LogP contribution in [0.2, 0.25) is 0 Å². The predicted molar refractivity (Wildman–Crippen MR) is 110 cm³/mol. The second-order valence-electron chi connectivity index (χ2n) is 6.91. The Bertz CT molecular complexity index is 882. The second kappa shape index (κ2) is 9.36. The number of aliphatic imine (C=N–C) groups is 1. The number of hydrogen-bond acceptors (Lipinski definition) is 3. The van der Waals surface area contributed by atoms with Gasteiger partial charge in [-0.2, -0.15) is 0 Å². The van der Waals surface area contributed by atoms with Gasteiger partial charge in [0.25, 0.3) is 0 Å². The molecule has 1 heterocycles. The first-order valence-electron chi connectivity index (χ1n) is 9.60. The maximum absolute atomic E-state index is 14.0. The molecule has 3 rings (SSSR count). The minimum Gasteiger partial charge on any atom is -0.366 e. The number of guanidine groups is 1. The summed E-state index contributed by atoms with van der Waals surface area (Å²) >= 11 is 0. The van der Waals surface area contributed by atoms with Gasteiger partial charge in [-0.1, -0.05) is 18.2 Å². The van der Waals surface area contributed by atoms with E-state index in [1.165, 1.54) is 18.2 Å². The average Bonchev–Trinajstić information content (AvgIpc) is 3.14. The monoisotopic (exact) mass is 401 g/mol. The molecule has 0 spiro atoms. The van der Waals surface area contributed by atoms with Crippen LogP contribution < -0.4 is 21.3 Å². The summed E-state index contributed by atoms with van der Waals surface area (Å²) < 4.78 is 28.1. The van der Waals surface area contributed by atoms with E-state index in [0.717, 1.165) is 12.0 Å². The molecule has 4 N–H and O–H groups in total. The van der Waals surface area contributed by atoms with Crippen LogP contribution in [-0.4, -0.2) is 37.5 Å². The van der Waals surface area contributed by atoms with Crippen molar-refractivity contribution in [1.29, 1.82) is 0 Å². The highest BCUT2D eigenvalue weighted by molar-refractivity contribution is 5.92. The molecule has 8 heteroatoms. The van der Waals surface area contributed by atoms with Gasteiger partial charge in [0.2, 0.25) is 5.91 Å². The number of nitrogens with two attached hydrogens (primary N) is 1. The van der Waals surface area contributed by atoms with Crippen molar-refractivity contribution in [2.75, 3.05) is 24.5 Å². The van der Waals surface area contributed by atoms with Gasteiger partial charge >= 0.3 is 0 Å². The Morgan fingerprint density at radius 3 is 2.66 bits per heavy atom. The zero-order chi connectivity index (χ0) is 20.8. The summed E-state index contributed by atoms with van der Waals surface area (Å²) in [5, 5.41) is 6.50. The van der Waals surface area contributed by atoms with E-state index in [1.807, 2.05) is 13.0 Å². The summed E-state index contributed by atoms with van der Waals surface area (Å²) in [5.41, 5.74) is 6.64. The molecule has 1 fully saturated rings. The number of primary amides is 1. The van der Waals surface area contributed by atoms with Crippen molar-refractivity contribution in [2.45, 2.75) is 25.9 Å². The lowest BCUT2D eigenvalue weighted by atomic mass is 10.1. The predicted octanol–water partition coefficient (Wildman–Crippen LogP) is 2.40. The third kappa shape index (κ3) is 5.22. The molecular formula is C21H25F2N5O. The lowest BCUT2D eigenvalue weighted by Crippen LogP contribution is -2.44. The molecule has 2 aromatic carbocycles. The first-order valence-corrected chi connectivity index (χ1v) is 9.60. The molecule has 2 aromatic rings. The van der Waals surface area contributed by atoms with Crippen molar-refractivity contribution in [1.82, 2.24) is 10.6 Å². The van der Waals surface area contributed by atoms with Crippen LogP contribution in [0.4, 0.5) is 14.5 Å². The van der Waals surface area contributed by atoms with Gasteiger partial charge in [0.15, 0.2) is 5.96 Å². The Balaban J connectivity index is 1.66. The van der Waals surface area contributed by atoms with Gasteiger partial charge in [-0.3, -0.25) is 4.79 Å². The van der Waals surface area contributed by atoms with E-state index in [0.29, 0.717) is 37.7 Å². The van der Waals surface area contributed by atoms with Crippen LogP contribution in [0, 0.1) is 11.6 Å². The van der Waals surface area contributed by atoms with E-state index in [-0.39, 0.29) is 11.7 Å². The van der Waals surface area contributed by atoms with Crippen molar-refractivity contribution in [3.05, 3.63) is 65.2 Å². The highest BCUT2D eigenvalue weighted by atomic mass is 19.1. The maximum Gasteiger partial charge on any atom is 0.248 e. The van der Waals surface area contributed by atoms with E-state index in [4.69, 9.17) is 5.73 Å². The van der Waals surface area contributed by atoms with Crippen molar-refractivity contribution < 1.29 is 13.6 Å². The van der Waals surface area contributed by atoms with E-state index >= 15 is 0 Å². The fraction of sp³-hybridized carbons (Fsp3) is 0.333. The minimum atomic E-state index is -0.555. The van der Waals surface area contributed by atoms with E-state index in [2.05, 4.69) is 15.6 Å². The molecule has 0 bridgehead atoms. The zero-order valence-corrected chi connectivity index (χ0v) is 16.3. The summed E-state index contributed by atoms with van der Waals surface area (Å²) in [6, 6.07) is 10.9. The average molecular weight is 401 g/mol. The van der Waals surface area contributed by atoms with Crippen molar-refractivity contribution >= 4 is 17.6 Å². The number of hydrogen-bond donors (Lipinski definition) is 3. The Morgan fingerprint density at radius 1 is 1.24 bits per heavy atom. The molecule has 0 aromatic heterocycles. The standard InChI is InChI=1S/C21H25F2N5O/c1-2-25-21(26-12-14-5-3-6-15(11-14)20(24)29)27-16-9-10-28(13-16)19-17(22)7-4-8-18(19)23/h3-8,11,16H,2,9-10,12-13H2,1H3,(H2,24,29)(H2,25,26,27). The Kier molecular flexibility index (Phi) is 6.64. The topological polar surface area (TPSA) is 82.7 Å². The summed E-state index contributed by atoms with van der Waals surface area (Å²) in [6.45, 7) is 4.02. The van der Waals surface area contributed by atoms with E-state index < -0.39 is 17.5 Å². The van der Waals surface area contributed by atoms with Crippen LogP contribution in [0.25, 0.3) is 0 Å².